The molecule has 0 saturated carbocycles. The lowest BCUT2D eigenvalue weighted by molar-refractivity contribution is -0.0212. The summed E-state index contributed by atoms with van der Waals surface area (Å²) in [4.78, 5) is 14.1. The number of phenols is 1. The van der Waals surface area contributed by atoms with Crippen molar-refractivity contribution < 1.29 is 19.4 Å². The molecule has 1 saturated heterocycles. The van der Waals surface area contributed by atoms with Crippen molar-refractivity contribution in [1.29, 1.82) is 0 Å². The Bertz CT molecular complexity index is 706. The molecule has 0 aromatic heterocycles. The summed E-state index contributed by atoms with van der Waals surface area (Å²) in [5.74, 6) is -0.429. The topological polar surface area (TPSA) is 60.8 Å². The molecule has 0 radical (unpaired) electrons. The highest BCUT2D eigenvalue weighted by Crippen LogP contribution is 2.34. The number of aliphatic hydroxyl groups is 1. The van der Waals surface area contributed by atoms with Crippen molar-refractivity contribution in [3.05, 3.63) is 65.5 Å². The normalized spacial score (nSPS) is 17.0. The fourth-order valence-electron chi connectivity index (χ4n) is 2.94. The predicted molar refractivity (Wildman–Crippen MR) is 83.5 cm³/mol. The van der Waals surface area contributed by atoms with Gasteiger partial charge in [0.25, 0.3) is 5.91 Å². The number of benzene rings is 2. The number of phenolic OH excluding ortho intramolecular Hbond substituents is 1. The Kier molecular flexibility index (Phi) is 4.05. The number of hydrogen-bond donors (Lipinski definition) is 2. The summed E-state index contributed by atoms with van der Waals surface area (Å²) in [6.07, 6.45) is 0.785. The largest absolute Gasteiger partial charge is 0.508 e. The maximum Gasteiger partial charge on any atom is 0.253 e. The van der Waals surface area contributed by atoms with Crippen LogP contribution in [0.3, 0.4) is 0 Å². The Morgan fingerprint density at radius 2 is 1.74 bits per heavy atom. The van der Waals surface area contributed by atoms with Gasteiger partial charge in [-0.05, 0) is 54.8 Å². The van der Waals surface area contributed by atoms with Gasteiger partial charge in [0, 0.05) is 18.7 Å². The van der Waals surface area contributed by atoms with Crippen molar-refractivity contribution in [1.82, 2.24) is 4.90 Å². The summed E-state index contributed by atoms with van der Waals surface area (Å²) in [5.41, 5.74) is 0.0544. The van der Waals surface area contributed by atoms with Crippen LogP contribution in [0.1, 0.15) is 28.8 Å². The number of carbonyl (C=O) groups is 1. The van der Waals surface area contributed by atoms with Gasteiger partial charge in [-0.3, -0.25) is 4.79 Å². The van der Waals surface area contributed by atoms with Gasteiger partial charge in [0.05, 0.1) is 5.60 Å². The Hall–Kier alpha value is -2.40. The first-order valence-electron chi connectivity index (χ1n) is 7.55. The first-order chi connectivity index (χ1) is 11.0. The van der Waals surface area contributed by atoms with Crippen LogP contribution in [0.2, 0.25) is 0 Å². The molecule has 0 unspecified atom stereocenters. The third-order valence-corrected chi connectivity index (χ3v) is 4.35. The molecule has 4 nitrogen and oxygen atoms in total. The van der Waals surface area contributed by atoms with Crippen LogP contribution in [0.4, 0.5) is 4.39 Å². The van der Waals surface area contributed by atoms with Gasteiger partial charge >= 0.3 is 0 Å². The second kappa shape index (κ2) is 6.01. The standard InChI is InChI=1S/C18H18FNO3/c19-15-6-4-13(5-7-15)17(22)20-10-8-18(23,9-11-20)14-2-1-3-16(21)12-14/h1-7,12,21,23H,8-11H2. The highest BCUT2D eigenvalue weighted by Gasteiger charge is 2.35. The maximum atomic E-state index is 12.9. The first-order valence-corrected chi connectivity index (χ1v) is 7.55. The number of piperidine rings is 1. The van der Waals surface area contributed by atoms with Crippen molar-refractivity contribution in [2.24, 2.45) is 0 Å². The zero-order valence-electron chi connectivity index (χ0n) is 12.6. The molecule has 0 atom stereocenters. The van der Waals surface area contributed by atoms with E-state index in [1.54, 1.807) is 29.2 Å². The second-order valence-electron chi connectivity index (χ2n) is 5.88. The zero-order valence-corrected chi connectivity index (χ0v) is 12.6. The summed E-state index contributed by atoms with van der Waals surface area (Å²) < 4.78 is 12.9. The molecule has 1 amide bonds. The summed E-state index contributed by atoms with van der Waals surface area (Å²) in [5, 5.41) is 20.3. The van der Waals surface area contributed by atoms with Crippen LogP contribution < -0.4 is 0 Å². The lowest BCUT2D eigenvalue weighted by atomic mass is 9.84. The minimum absolute atomic E-state index is 0.112. The highest BCUT2D eigenvalue weighted by atomic mass is 19.1. The van der Waals surface area contributed by atoms with E-state index in [2.05, 4.69) is 0 Å². The van der Waals surface area contributed by atoms with Crippen LogP contribution in [0.15, 0.2) is 48.5 Å². The Morgan fingerprint density at radius 1 is 1.09 bits per heavy atom. The lowest BCUT2D eigenvalue weighted by Gasteiger charge is -2.38. The number of likely N-dealkylation sites (tertiary alicyclic amines) is 1. The van der Waals surface area contributed by atoms with E-state index in [9.17, 15) is 19.4 Å². The number of amides is 1. The SMILES string of the molecule is O=C(c1ccc(F)cc1)N1CCC(O)(c2cccc(O)c2)CC1. The van der Waals surface area contributed by atoms with Gasteiger partial charge in [0.15, 0.2) is 0 Å². The number of rotatable bonds is 2. The second-order valence-corrected chi connectivity index (χ2v) is 5.88. The molecule has 0 spiro atoms. The number of hydrogen-bond acceptors (Lipinski definition) is 3. The first kappa shape index (κ1) is 15.5. The lowest BCUT2D eigenvalue weighted by Crippen LogP contribution is -2.45. The van der Waals surface area contributed by atoms with Crippen molar-refractivity contribution in [3.8, 4) is 5.75 Å². The van der Waals surface area contributed by atoms with E-state index >= 15 is 0 Å². The molecule has 1 aliphatic rings. The molecule has 5 heteroatoms. The summed E-state index contributed by atoms with van der Waals surface area (Å²) in [6, 6.07) is 12.0. The third kappa shape index (κ3) is 3.19. The van der Waals surface area contributed by atoms with Crippen molar-refractivity contribution in [2.45, 2.75) is 18.4 Å². The molecule has 2 aromatic carbocycles. The highest BCUT2D eigenvalue weighted by molar-refractivity contribution is 5.94. The predicted octanol–water partition coefficient (Wildman–Crippen LogP) is 2.66. The van der Waals surface area contributed by atoms with Gasteiger partial charge in [-0.25, -0.2) is 4.39 Å². The third-order valence-electron chi connectivity index (χ3n) is 4.35. The quantitative estimate of drug-likeness (QED) is 0.895. The van der Waals surface area contributed by atoms with Crippen molar-refractivity contribution in [2.75, 3.05) is 13.1 Å². The van der Waals surface area contributed by atoms with Crippen LogP contribution in [-0.4, -0.2) is 34.1 Å². The fraction of sp³-hybridized carbons (Fsp3) is 0.278. The van der Waals surface area contributed by atoms with Crippen molar-refractivity contribution >= 4 is 5.91 Å². The average Bonchev–Trinajstić information content (AvgIpc) is 2.56. The molecule has 0 aliphatic carbocycles. The van der Waals surface area contributed by atoms with Gasteiger partial charge < -0.3 is 15.1 Å². The number of halogens is 1. The van der Waals surface area contributed by atoms with E-state index < -0.39 is 5.60 Å². The zero-order chi connectivity index (χ0) is 16.4. The van der Waals surface area contributed by atoms with Gasteiger partial charge in [-0.15, -0.1) is 0 Å². The molecule has 2 N–H and O–H groups in total. The van der Waals surface area contributed by atoms with Crippen LogP contribution >= 0.6 is 0 Å². The Morgan fingerprint density at radius 3 is 2.35 bits per heavy atom. The summed E-state index contributed by atoms with van der Waals surface area (Å²) in [6.45, 7) is 0.810. The summed E-state index contributed by atoms with van der Waals surface area (Å²) in [7, 11) is 0. The summed E-state index contributed by atoms with van der Waals surface area (Å²) >= 11 is 0. The van der Waals surface area contributed by atoms with Crippen LogP contribution in [0, 0.1) is 5.82 Å². The minimum atomic E-state index is -1.04. The molecule has 3 rings (SSSR count). The van der Waals surface area contributed by atoms with Gasteiger partial charge in [0.1, 0.15) is 11.6 Å². The Balaban J connectivity index is 1.70. The molecule has 2 aromatic rings. The Labute approximate surface area is 133 Å². The molecule has 1 aliphatic heterocycles. The maximum absolute atomic E-state index is 12.9. The van der Waals surface area contributed by atoms with Crippen LogP contribution in [-0.2, 0) is 5.60 Å². The van der Waals surface area contributed by atoms with Crippen LogP contribution in [0.25, 0.3) is 0 Å². The van der Waals surface area contributed by atoms with E-state index in [4.69, 9.17) is 0 Å². The molecular formula is C18H18FNO3. The number of aromatic hydroxyl groups is 1. The van der Waals surface area contributed by atoms with Gasteiger partial charge in [-0.2, -0.15) is 0 Å². The molecule has 1 heterocycles. The van der Waals surface area contributed by atoms with E-state index in [1.807, 2.05) is 0 Å². The minimum Gasteiger partial charge on any atom is -0.508 e. The monoisotopic (exact) mass is 315 g/mol. The van der Waals surface area contributed by atoms with Gasteiger partial charge in [-0.1, -0.05) is 12.1 Å². The molecule has 120 valence electrons. The molecule has 23 heavy (non-hydrogen) atoms. The fourth-order valence-corrected chi connectivity index (χ4v) is 2.94. The van der Waals surface area contributed by atoms with E-state index in [1.165, 1.54) is 24.3 Å². The van der Waals surface area contributed by atoms with Crippen molar-refractivity contribution in [3.63, 3.8) is 0 Å². The number of nitrogens with zero attached hydrogens (tertiary/aromatic N) is 1. The smallest absolute Gasteiger partial charge is 0.253 e. The molecule has 0 bridgehead atoms. The number of carbonyl (C=O) groups excluding carboxylic acids is 1. The molecule has 1 fully saturated rings. The molecular weight excluding hydrogens is 297 g/mol. The van der Waals surface area contributed by atoms with Gasteiger partial charge in [0.2, 0.25) is 0 Å². The van der Waals surface area contributed by atoms with Crippen LogP contribution in [0.5, 0.6) is 5.75 Å². The average molecular weight is 315 g/mol. The van der Waals surface area contributed by atoms with E-state index in [0.717, 1.165) is 0 Å². The van der Waals surface area contributed by atoms with E-state index in [0.29, 0.717) is 37.1 Å². The van der Waals surface area contributed by atoms with E-state index in [-0.39, 0.29) is 17.5 Å².